The molecule has 4 nitrogen and oxygen atoms in total. The fourth-order valence-corrected chi connectivity index (χ4v) is 5.10. The van der Waals surface area contributed by atoms with Crippen molar-refractivity contribution in [1.82, 2.24) is 9.97 Å². The van der Waals surface area contributed by atoms with Crippen LogP contribution < -0.4 is 0 Å². The summed E-state index contributed by atoms with van der Waals surface area (Å²) in [4.78, 5) is 21.7. The van der Waals surface area contributed by atoms with Gasteiger partial charge in [-0.1, -0.05) is 19.8 Å². The van der Waals surface area contributed by atoms with Crippen molar-refractivity contribution in [3.05, 3.63) is 52.6 Å². The van der Waals surface area contributed by atoms with Gasteiger partial charge in [-0.3, -0.25) is 4.79 Å². The molecule has 0 bridgehead atoms. The Bertz CT molecular complexity index is 973. The van der Waals surface area contributed by atoms with E-state index in [0.717, 1.165) is 36.3 Å². The number of hydrogen-bond acceptors (Lipinski definition) is 5. The largest absolute Gasteiger partial charge is 0.466 e. The maximum Gasteiger partial charge on any atom is 0.305 e. The number of carbonyl (C=O) groups is 1. The van der Waals surface area contributed by atoms with Crippen LogP contribution >= 0.6 is 11.8 Å². The number of aryl methyl sites for hydroxylation is 2. The van der Waals surface area contributed by atoms with Gasteiger partial charge in [-0.05, 0) is 79.5 Å². The fraction of sp³-hybridized carbons (Fsp3) is 0.480. The Balaban J connectivity index is 1.68. The highest BCUT2D eigenvalue weighted by Crippen LogP contribution is 2.42. The van der Waals surface area contributed by atoms with Crippen molar-refractivity contribution in [2.45, 2.75) is 70.1 Å². The predicted molar refractivity (Wildman–Crippen MR) is 122 cm³/mol. The molecule has 30 heavy (non-hydrogen) atoms. The summed E-state index contributed by atoms with van der Waals surface area (Å²) in [6.45, 7) is 9.02. The number of nitrogens with zero attached hydrogens (tertiary/aromatic N) is 2. The van der Waals surface area contributed by atoms with Crippen molar-refractivity contribution in [3.63, 3.8) is 0 Å². The van der Waals surface area contributed by atoms with E-state index in [2.05, 4.69) is 54.7 Å². The first-order valence-electron chi connectivity index (χ1n) is 10.7. The second-order valence-electron chi connectivity index (χ2n) is 8.27. The molecular formula is C25H30N2O2S. The highest BCUT2D eigenvalue weighted by Gasteiger charge is 2.28. The molecule has 2 heterocycles. The van der Waals surface area contributed by atoms with Gasteiger partial charge in [0.05, 0.1) is 6.61 Å². The molecular weight excluding hydrogens is 392 g/mol. The van der Waals surface area contributed by atoms with Crippen molar-refractivity contribution in [1.29, 1.82) is 0 Å². The molecule has 3 rings (SSSR count). The summed E-state index contributed by atoms with van der Waals surface area (Å²) < 4.78 is 4.95. The van der Waals surface area contributed by atoms with E-state index < -0.39 is 0 Å². The third-order valence-electron chi connectivity index (χ3n) is 5.41. The van der Waals surface area contributed by atoms with Gasteiger partial charge < -0.3 is 4.74 Å². The van der Waals surface area contributed by atoms with E-state index in [0.29, 0.717) is 13.0 Å². The Labute approximate surface area is 184 Å². The van der Waals surface area contributed by atoms with Crippen molar-refractivity contribution < 1.29 is 9.53 Å². The number of ether oxygens (including phenoxy) is 1. The minimum Gasteiger partial charge on any atom is -0.466 e. The maximum atomic E-state index is 11.4. The van der Waals surface area contributed by atoms with Crippen LogP contribution in [0.4, 0.5) is 0 Å². The molecule has 158 valence electrons. The molecule has 0 unspecified atom stereocenters. The lowest BCUT2D eigenvalue weighted by atomic mass is 9.80. The van der Waals surface area contributed by atoms with Crippen molar-refractivity contribution in [2.75, 3.05) is 12.4 Å². The van der Waals surface area contributed by atoms with Crippen molar-refractivity contribution in [3.8, 4) is 11.8 Å². The molecule has 0 aliphatic carbocycles. The maximum absolute atomic E-state index is 11.4. The van der Waals surface area contributed by atoms with Crippen LogP contribution in [-0.4, -0.2) is 28.3 Å². The number of esters is 1. The first kappa shape index (κ1) is 22.4. The van der Waals surface area contributed by atoms with E-state index >= 15 is 0 Å². The van der Waals surface area contributed by atoms with Crippen LogP contribution in [0, 0.1) is 18.8 Å². The van der Waals surface area contributed by atoms with E-state index in [4.69, 9.17) is 4.74 Å². The fourth-order valence-electron chi connectivity index (χ4n) is 3.52. The Morgan fingerprint density at radius 2 is 2.10 bits per heavy atom. The van der Waals surface area contributed by atoms with Gasteiger partial charge in [0.2, 0.25) is 0 Å². The average Bonchev–Trinajstić information content (AvgIpc) is 2.70. The second-order valence-corrected chi connectivity index (χ2v) is 9.40. The Morgan fingerprint density at radius 3 is 2.90 bits per heavy atom. The van der Waals surface area contributed by atoms with E-state index in [1.165, 1.54) is 28.2 Å². The lowest BCUT2D eigenvalue weighted by molar-refractivity contribution is -0.143. The van der Waals surface area contributed by atoms with Crippen LogP contribution in [0.25, 0.3) is 0 Å². The Morgan fingerprint density at radius 1 is 1.27 bits per heavy atom. The zero-order chi connectivity index (χ0) is 21.6. The van der Waals surface area contributed by atoms with E-state index in [9.17, 15) is 4.79 Å². The van der Waals surface area contributed by atoms with Crippen molar-refractivity contribution >= 4 is 17.7 Å². The highest BCUT2D eigenvalue weighted by molar-refractivity contribution is 7.99. The smallest absolute Gasteiger partial charge is 0.305 e. The van der Waals surface area contributed by atoms with Gasteiger partial charge in [-0.2, -0.15) is 0 Å². The summed E-state index contributed by atoms with van der Waals surface area (Å²) >= 11 is 1.95. The minimum absolute atomic E-state index is 0.139. The number of aromatic nitrogens is 2. The SMILES string of the molecule is CCOC(=O)CCCCc1nccc(C#Cc2cc3c(cc2C)SCCC3(C)C)n1. The highest BCUT2D eigenvalue weighted by atomic mass is 32.2. The summed E-state index contributed by atoms with van der Waals surface area (Å²) in [5, 5.41) is 0. The third-order valence-corrected chi connectivity index (χ3v) is 6.46. The molecule has 5 heteroatoms. The molecule has 1 aromatic heterocycles. The van der Waals surface area contributed by atoms with Crippen LogP contribution in [0.1, 0.15) is 74.7 Å². The molecule has 0 amide bonds. The number of carbonyl (C=O) groups excluding carboxylic acids is 1. The molecule has 0 atom stereocenters. The number of hydrogen-bond donors (Lipinski definition) is 0. The van der Waals surface area contributed by atoms with Crippen LogP contribution in [0.15, 0.2) is 29.3 Å². The van der Waals surface area contributed by atoms with Gasteiger partial charge in [0.1, 0.15) is 11.5 Å². The molecule has 0 N–H and O–H groups in total. The van der Waals surface area contributed by atoms with Gasteiger partial charge >= 0.3 is 5.97 Å². The molecule has 2 aromatic rings. The molecule has 0 saturated carbocycles. The number of benzene rings is 1. The minimum atomic E-state index is -0.139. The van der Waals surface area contributed by atoms with Crippen LogP contribution in [0.3, 0.4) is 0 Å². The second kappa shape index (κ2) is 10.1. The first-order valence-corrected chi connectivity index (χ1v) is 11.6. The molecule has 1 aliphatic heterocycles. The number of unbranched alkanes of at least 4 members (excludes halogenated alkanes) is 1. The van der Waals surface area contributed by atoms with E-state index in [1.54, 1.807) is 6.20 Å². The molecule has 0 saturated heterocycles. The van der Waals surface area contributed by atoms with Gasteiger partial charge in [-0.25, -0.2) is 9.97 Å². The molecule has 1 aliphatic rings. The summed E-state index contributed by atoms with van der Waals surface area (Å²) in [6, 6.07) is 6.39. The van der Waals surface area contributed by atoms with Crippen LogP contribution in [0.2, 0.25) is 0 Å². The quantitative estimate of drug-likeness (QED) is 0.362. The Kier molecular flexibility index (Phi) is 7.55. The number of fused-ring (bicyclic) bond motifs is 1. The normalized spacial score (nSPS) is 14.4. The molecule has 0 spiro atoms. The number of thioether (sulfide) groups is 1. The number of rotatable bonds is 6. The topological polar surface area (TPSA) is 52.1 Å². The standard InChI is InChI=1S/C25H30N2O2S/c1-5-29-24(28)9-7-6-8-23-26-14-12-20(27-23)11-10-19-17-21-22(16-18(19)2)30-15-13-25(21,3)4/h12,14,16-17H,5-9,13,15H2,1-4H3. The van der Waals surface area contributed by atoms with Gasteiger partial charge in [0.15, 0.2) is 0 Å². The summed E-state index contributed by atoms with van der Waals surface area (Å²) in [6.07, 6.45) is 5.76. The average molecular weight is 423 g/mol. The van der Waals surface area contributed by atoms with Gasteiger partial charge in [-0.15, -0.1) is 11.8 Å². The molecule has 0 fully saturated rings. The monoisotopic (exact) mass is 422 g/mol. The Hall–Kier alpha value is -2.32. The third kappa shape index (κ3) is 5.86. The van der Waals surface area contributed by atoms with Crippen molar-refractivity contribution in [2.24, 2.45) is 0 Å². The first-order chi connectivity index (χ1) is 14.4. The molecule has 1 aromatic carbocycles. The lowest BCUT2D eigenvalue weighted by Crippen LogP contribution is -2.23. The lowest BCUT2D eigenvalue weighted by Gasteiger charge is -2.32. The zero-order valence-electron chi connectivity index (χ0n) is 18.4. The van der Waals surface area contributed by atoms with Crippen LogP contribution in [0.5, 0.6) is 0 Å². The van der Waals surface area contributed by atoms with Crippen LogP contribution in [-0.2, 0) is 21.4 Å². The van der Waals surface area contributed by atoms with E-state index in [1.807, 2.05) is 24.8 Å². The van der Waals surface area contributed by atoms with Gasteiger partial charge in [0, 0.05) is 29.5 Å². The zero-order valence-corrected chi connectivity index (χ0v) is 19.2. The summed E-state index contributed by atoms with van der Waals surface area (Å²) in [5.41, 5.74) is 4.60. The summed E-state index contributed by atoms with van der Waals surface area (Å²) in [7, 11) is 0. The summed E-state index contributed by atoms with van der Waals surface area (Å²) in [5.74, 6) is 8.35. The van der Waals surface area contributed by atoms with E-state index in [-0.39, 0.29) is 11.4 Å². The predicted octanol–water partition coefficient (Wildman–Crippen LogP) is 5.23. The molecule has 0 radical (unpaired) electrons. The van der Waals surface area contributed by atoms with Gasteiger partial charge in [0.25, 0.3) is 0 Å².